The van der Waals surface area contributed by atoms with Crippen molar-refractivity contribution < 1.29 is 14.4 Å². The first kappa shape index (κ1) is 30.1. The zero-order valence-corrected chi connectivity index (χ0v) is 25.0. The highest BCUT2D eigenvalue weighted by Crippen LogP contribution is 2.28. The summed E-state index contributed by atoms with van der Waals surface area (Å²) in [5, 5.41) is 0.663. The van der Waals surface area contributed by atoms with E-state index in [9.17, 15) is 14.4 Å². The first-order chi connectivity index (χ1) is 19.3. The molecule has 2 fully saturated rings. The molecule has 0 spiro atoms. The van der Waals surface area contributed by atoms with E-state index in [1.54, 1.807) is 6.92 Å². The highest BCUT2D eigenvalue weighted by molar-refractivity contribution is 6.31. The van der Waals surface area contributed by atoms with E-state index in [1.165, 1.54) is 0 Å². The van der Waals surface area contributed by atoms with Crippen LogP contribution in [0.5, 0.6) is 0 Å². The molecule has 218 valence electrons. The van der Waals surface area contributed by atoms with Gasteiger partial charge in [-0.05, 0) is 82.3 Å². The summed E-state index contributed by atoms with van der Waals surface area (Å²) in [6, 6.07) is 10.0. The number of aromatic nitrogens is 1. The van der Waals surface area contributed by atoms with Crippen LogP contribution in [0, 0.1) is 12.8 Å². The van der Waals surface area contributed by atoms with Crippen molar-refractivity contribution in [3.05, 3.63) is 53.3 Å². The third-order valence-electron chi connectivity index (χ3n) is 8.52. The average Bonchev–Trinajstić information content (AvgIpc) is 3.46. The van der Waals surface area contributed by atoms with E-state index in [1.807, 2.05) is 68.9 Å². The van der Waals surface area contributed by atoms with Gasteiger partial charge in [0, 0.05) is 81.3 Å². The van der Waals surface area contributed by atoms with Crippen LogP contribution in [0.3, 0.4) is 0 Å². The Balaban J connectivity index is 1.31. The number of rotatable bonds is 10. The van der Waals surface area contributed by atoms with Gasteiger partial charge in [-0.2, -0.15) is 0 Å². The molecule has 1 aromatic heterocycles. The molecule has 3 amide bonds. The molecule has 2 aliphatic heterocycles. The van der Waals surface area contributed by atoms with E-state index in [0.29, 0.717) is 44.0 Å². The van der Waals surface area contributed by atoms with E-state index in [2.05, 4.69) is 11.8 Å². The number of piperidine rings is 2. The molecule has 0 saturated carbocycles. The summed E-state index contributed by atoms with van der Waals surface area (Å²) in [5.74, 6) is 0.290. The lowest BCUT2D eigenvalue weighted by Crippen LogP contribution is -2.48. The first-order valence-electron chi connectivity index (χ1n) is 14.7. The Hall–Kier alpha value is -2.84. The van der Waals surface area contributed by atoms with Gasteiger partial charge in [0.1, 0.15) is 6.54 Å². The van der Waals surface area contributed by atoms with Crippen molar-refractivity contribution in [2.75, 3.05) is 50.7 Å². The lowest BCUT2D eigenvalue weighted by Gasteiger charge is -2.38. The second-order valence-corrected chi connectivity index (χ2v) is 11.6. The summed E-state index contributed by atoms with van der Waals surface area (Å²) < 4.78 is 1.93. The molecule has 2 aromatic rings. The lowest BCUT2D eigenvalue weighted by molar-refractivity contribution is -0.135. The van der Waals surface area contributed by atoms with Crippen LogP contribution >= 0.6 is 11.6 Å². The van der Waals surface area contributed by atoms with E-state index >= 15 is 0 Å². The zero-order chi connectivity index (χ0) is 28.6. The number of carbonyl (C=O) groups excluding carboxylic acids is 3. The minimum atomic E-state index is -0.0875. The summed E-state index contributed by atoms with van der Waals surface area (Å²) in [4.78, 5) is 46.6. The number of anilines is 1. The predicted molar refractivity (Wildman–Crippen MR) is 159 cm³/mol. The minimum Gasteiger partial charge on any atom is -0.345 e. The minimum absolute atomic E-state index is 0.0733. The number of likely N-dealkylation sites (tertiary alicyclic amines) is 2. The van der Waals surface area contributed by atoms with Crippen molar-refractivity contribution in [3.8, 4) is 0 Å². The van der Waals surface area contributed by atoms with Crippen LogP contribution in [0.2, 0.25) is 5.02 Å². The molecule has 3 heterocycles. The van der Waals surface area contributed by atoms with Crippen molar-refractivity contribution in [3.63, 3.8) is 0 Å². The van der Waals surface area contributed by atoms with Crippen molar-refractivity contribution >= 4 is 35.0 Å². The molecule has 8 nitrogen and oxygen atoms in total. The summed E-state index contributed by atoms with van der Waals surface area (Å²) in [5.41, 5.74) is 1.83. The smallest absolute Gasteiger partial charge is 0.242 e. The highest BCUT2D eigenvalue weighted by atomic mass is 35.5. The Labute approximate surface area is 243 Å². The fourth-order valence-electron chi connectivity index (χ4n) is 6.05. The Morgan fingerprint density at radius 3 is 2.27 bits per heavy atom. The number of likely N-dealkylation sites (N-methyl/N-ethyl adjacent to an activating group) is 1. The number of carbonyl (C=O) groups is 3. The molecule has 40 heavy (non-hydrogen) atoms. The maximum absolute atomic E-state index is 13.7. The summed E-state index contributed by atoms with van der Waals surface area (Å²) in [6.45, 7) is 11.4. The van der Waals surface area contributed by atoms with Crippen molar-refractivity contribution in [2.24, 2.45) is 5.92 Å². The number of halogens is 1. The molecule has 0 radical (unpaired) electrons. The van der Waals surface area contributed by atoms with E-state index < -0.39 is 0 Å². The molecule has 0 bridgehead atoms. The monoisotopic (exact) mass is 569 g/mol. The number of aryl methyl sites for hydroxylation is 1. The van der Waals surface area contributed by atoms with Gasteiger partial charge in [-0.1, -0.05) is 17.7 Å². The molecule has 2 saturated heterocycles. The van der Waals surface area contributed by atoms with Crippen molar-refractivity contribution in [1.82, 2.24) is 19.3 Å². The maximum Gasteiger partial charge on any atom is 0.242 e. The molecular formula is C31H44ClN5O3. The zero-order valence-electron chi connectivity index (χ0n) is 24.2. The highest BCUT2D eigenvalue weighted by Gasteiger charge is 2.31. The topological polar surface area (TPSA) is 69.1 Å². The maximum atomic E-state index is 13.7. The fraction of sp³-hybridized carbons (Fsp3) is 0.581. The summed E-state index contributed by atoms with van der Waals surface area (Å²) >= 11 is 6.45. The molecule has 0 unspecified atom stereocenters. The molecule has 0 N–H and O–H groups in total. The second kappa shape index (κ2) is 14.2. The van der Waals surface area contributed by atoms with Gasteiger partial charge in [0.15, 0.2) is 0 Å². The van der Waals surface area contributed by atoms with Crippen molar-refractivity contribution in [2.45, 2.75) is 65.5 Å². The first-order valence-corrected chi connectivity index (χ1v) is 15.1. The van der Waals surface area contributed by atoms with Crippen LogP contribution in [0.25, 0.3) is 0 Å². The number of hydrogen-bond acceptors (Lipinski definition) is 4. The van der Waals surface area contributed by atoms with E-state index in [4.69, 9.17) is 11.6 Å². The Bertz CT molecular complexity index is 1140. The average molecular weight is 570 g/mol. The van der Waals surface area contributed by atoms with E-state index in [-0.39, 0.29) is 29.7 Å². The summed E-state index contributed by atoms with van der Waals surface area (Å²) in [6.07, 6.45) is 8.05. The van der Waals surface area contributed by atoms with Crippen molar-refractivity contribution in [1.29, 1.82) is 0 Å². The van der Waals surface area contributed by atoms with Crippen LogP contribution in [0.4, 0.5) is 5.69 Å². The Morgan fingerprint density at radius 2 is 1.68 bits per heavy atom. The van der Waals surface area contributed by atoms with Gasteiger partial charge in [-0.3, -0.25) is 14.4 Å². The van der Waals surface area contributed by atoms with Crippen LogP contribution in [-0.2, 0) is 20.9 Å². The Morgan fingerprint density at radius 1 is 1.00 bits per heavy atom. The summed E-state index contributed by atoms with van der Waals surface area (Å²) in [7, 11) is 0. The molecule has 2 aliphatic rings. The van der Waals surface area contributed by atoms with Gasteiger partial charge < -0.3 is 24.2 Å². The molecule has 0 atom stereocenters. The second-order valence-electron chi connectivity index (χ2n) is 11.2. The van der Waals surface area contributed by atoms with Gasteiger partial charge in [0.2, 0.25) is 17.7 Å². The van der Waals surface area contributed by atoms with Crippen LogP contribution in [-0.4, -0.2) is 88.8 Å². The molecule has 1 aromatic carbocycles. The fourth-order valence-corrected chi connectivity index (χ4v) is 6.22. The third kappa shape index (κ3) is 7.67. The van der Waals surface area contributed by atoms with Gasteiger partial charge >= 0.3 is 0 Å². The van der Waals surface area contributed by atoms with Crippen LogP contribution in [0.15, 0.2) is 42.7 Å². The standard InChI is InChI=1S/C31H44ClN5O3/c1-4-36(30(39)23-34-14-5-6-15-34)27-12-18-33(19-13-27)16-7-17-37(28-9-8-24(2)29(32)22-28)31(40)26-10-20-35(21-11-26)25(3)38/h5-6,8-9,14-15,22,26-27H,4,7,10-13,16-21,23H2,1-3H3. The SMILES string of the molecule is CCN(C(=O)Cn1cccc1)C1CCN(CCCN(C(=O)C2CCN(C(C)=O)CC2)c2ccc(C)c(Cl)c2)CC1. The number of nitrogens with zero attached hydrogens (tertiary/aromatic N) is 5. The van der Waals surface area contributed by atoms with Gasteiger partial charge in [0.25, 0.3) is 0 Å². The van der Waals surface area contributed by atoms with Gasteiger partial charge in [-0.25, -0.2) is 0 Å². The van der Waals surface area contributed by atoms with Crippen LogP contribution in [0.1, 0.15) is 51.5 Å². The largest absolute Gasteiger partial charge is 0.345 e. The third-order valence-corrected chi connectivity index (χ3v) is 8.93. The number of hydrogen-bond donors (Lipinski definition) is 0. The predicted octanol–water partition coefficient (Wildman–Crippen LogP) is 4.44. The number of amides is 3. The molecular weight excluding hydrogens is 526 g/mol. The number of benzene rings is 1. The Kier molecular flexibility index (Phi) is 10.7. The van der Waals surface area contributed by atoms with Crippen LogP contribution < -0.4 is 4.90 Å². The quantitative estimate of drug-likeness (QED) is 0.424. The van der Waals surface area contributed by atoms with E-state index in [0.717, 1.165) is 56.7 Å². The molecule has 0 aliphatic carbocycles. The van der Waals surface area contributed by atoms with Gasteiger partial charge in [0.05, 0.1) is 0 Å². The van der Waals surface area contributed by atoms with Gasteiger partial charge in [-0.15, -0.1) is 0 Å². The molecule has 4 rings (SSSR count). The molecule has 9 heteroatoms. The lowest BCUT2D eigenvalue weighted by atomic mass is 9.94. The normalized spacial score (nSPS) is 17.1.